The lowest BCUT2D eigenvalue weighted by molar-refractivity contribution is 0.00693. The second-order valence-corrected chi connectivity index (χ2v) is 10.1. The number of benzene rings is 3. The van der Waals surface area contributed by atoms with Crippen molar-refractivity contribution in [3.8, 4) is 0 Å². The van der Waals surface area contributed by atoms with Crippen LogP contribution in [-0.2, 0) is 4.74 Å². The molecule has 0 aromatic heterocycles. The molecule has 0 aliphatic heterocycles. The molecule has 0 unspecified atom stereocenters. The molecule has 3 atom stereocenters. The van der Waals surface area contributed by atoms with Crippen molar-refractivity contribution in [2.24, 2.45) is 0 Å². The Morgan fingerprint density at radius 3 is 2.39 bits per heavy atom. The molecule has 0 saturated heterocycles. The smallest absolute Gasteiger partial charge is 0.411 e. The number of ether oxygens (including phenoxy) is 1. The molecule has 172 valence electrons. The van der Waals surface area contributed by atoms with Gasteiger partial charge in [0.1, 0.15) is 11.9 Å². The highest BCUT2D eigenvalue weighted by Gasteiger charge is 2.38. The zero-order valence-corrected chi connectivity index (χ0v) is 20.0. The van der Waals surface area contributed by atoms with Gasteiger partial charge in [-0.15, -0.1) is 0 Å². The summed E-state index contributed by atoms with van der Waals surface area (Å²) in [7, 11) is 0. The molecule has 4 rings (SSSR count). The maximum Gasteiger partial charge on any atom is 0.411 e. The fraction of sp³-hybridized carbons (Fsp3) is 0.379. The van der Waals surface area contributed by atoms with Crippen molar-refractivity contribution in [2.75, 3.05) is 0 Å². The Balaban J connectivity index is 1.65. The Hall–Kier alpha value is -3.14. The molecular weight excluding hydrogens is 410 g/mol. The third-order valence-electron chi connectivity index (χ3n) is 6.64. The molecule has 0 bridgehead atoms. The van der Waals surface area contributed by atoms with Crippen molar-refractivity contribution < 1.29 is 14.3 Å². The van der Waals surface area contributed by atoms with Gasteiger partial charge in [-0.05, 0) is 74.8 Å². The van der Waals surface area contributed by atoms with E-state index < -0.39 is 5.60 Å². The minimum atomic E-state index is -0.559. The van der Waals surface area contributed by atoms with Gasteiger partial charge in [0.2, 0.25) is 0 Å². The predicted octanol–water partition coefficient (Wildman–Crippen LogP) is 7.29. The molecule has 33 heavy (non-hydrogen) atoms. The third kappa shape index (κ3) is 5.11. The molecule has 1 amide bonds. The molecule has 4 nitrogen and oxygen atoms in total. The second kappa shape index (κ2) is 9.38. The Morgan fingerprint density at radius 2 is 1.70 bits per heavy atom. The highest BCUT2D eigenvalue weighted by molar-refractivity contribution is 5.86. The summed E-state index contributed by atoms with van der Waals surface area (Å²) in [6.45, 7) is 7.85. The van der Waals surface area contributed by atoms with E-state index >= 15 is 0 Å². The summed E-state index contributed by atoms with van der Waals surface area (Å²) in [6, 6.07) is 22.4. The minimum absolute atomic E-state index is 0.0876. The van der Waals surface area contributed by atoms with Crippen LogP contribution in [0, 0.1) is 0 Å². The van der Waals surface area contributed by atoms with Gasteiger partial charge in [0.15, 0.2) is 0 Å². The first kappa shape index (κ1) is 23.0. The number of rotatable bonds is 5. The van der Waals surface area contributed by atoms with Gasteiger partial charge >= 0.3 is 6.09 Å². The normalized spacial score (nSPS) is 19.3. The minimum Gasteiger partial charge on any atom is -0.444 e. The average molecular weight is 444 g/mol. The molecule has 1 saturated carbocycles. The molecule has 0 N–H and O–H groups in total. The molecule has 0 heterocycles. The Morgan fingerprint density at radius 1 is 1.00 bits per heavy atom. The highest BCUT2D eigenvalue weighted by atomic mass is 16.6. The summed E-state index contributed by atoms with van der Waals surface area (Å²) in [5.41, 5.74) is 2.49. The standard InChI is InChI=1S/C29H33NO3/c1-20(26-11-7-9-23-8-5-6-10-27(23)26)30(28(32)33-29(2,3)4)25-17-16-24(18-25)22-14-12-21(19-31)13-15-22/h5-15,19-20,24-25H,16-18H2,1-4H3/t20-,24-,25+/m1/s1. The summed E-state index contributed by atoms with van der Waals surface area (Å²) in [5, 5.41) is 2.34. The zero-order chi connectivity index (χ0) is 23.6. The first-order chi connectivity index (χ1) is 15.8. The van der Waals surface area contributed by atoms with E-state index in [-0.39, 0.29) is 18.2 Å². The van der Waals surface area contributed by atoms with Crippen LogP contribution in [0.2, 0.25) is 0 Å². The van der Waals surface area contributed by atoms with Crippen LogP contribution in [0.1, 0.15) is 80.4 Å². The summed E-state index contributed by atoms with van der Waals surface area (Å²) < 4.78 is 5.89. The van der Waals surface area contributed by atoms with Crippen LogP contribution in [0.3, 0.4) is 0 Å². The van der Waals surface area contributed by atoms with Gasteiger partial charge in [0.25, 0.3) is 0 Å². The van der Waals surface area contributed by atoms with Crippen LogP contribution in [0.25, 0.3) is 10.8 Å². The van der Waals surface area contributed by atoms with Crippen LogP contribution in [-0.4, -0.2) is 28.9 Å². The fourth-order valence-electron chi connectivity index (χ4n) is 5.06. The van der Waals surface area contributed by atoms with Gasteiger partial charge < -0.3 is 4.74 Å². The number of fused-ring (bicyclic) bond motifs is 1. The number of carbonyl (C=O) groups excluding carboxylic acids is 2. The summed E-state index contributed by atoms with van der Waals surface area (Å²) in [5.74, 6) is 0.361. The van der Waals surface area contributed by atoms with Crippen LogP contribution in [0.5, 0.6) is 0 Å². The Bertz CT molecular complexity index is 1120. The van der Waals surface area contributed by atoms with E-state index in [9.17, 15) is 9.59 Å². The summed E-state index contributed by atoms with van der Waals surface area (Å²) in [6.07, 6.45) is 3.43. The monoisotopic (exact) mass is 443 g/mol. The SMILES string of the molecule is C[C@H](c1cccc2ccccc12)N(C(=O)OC(C)(C)C)[C@H]1CC[C@@H](c2ccc(C=O)cc2)C1. The lowest BCUT2D eigenvalue weighted by Gasteiger charge is -2.37. The molecule has 0 radical (unpaired) electrons. The highest BCUT2D eigenvalue weighted by Crippen LogP contribution is 2.41. The van der Waals surface area contributed by atoms with Crippen molar-refractivity contribution >= 4 is 23.2 Å². The van der Waals surface area contributed by atoms with Gasteiger partial charge in [0.05, 0.1) is 6.04 Å². The first-order valence-electron chi connectivity index (χ1n) is 11.8. The Labute approximate surface area is 196 Å². The van der Waals surface area contributed by atoms with Crippen molar-refractivity contribution in [1.82, 2.24) is 4.90 Å². The van der Waals surface area contributed by atoms with E-state index in [0.29, 0.717) is 11.5 Å². The molecule has 1 aliphatic rings. The van der Waals surface area contributed by atoms with Crippen LogP contribution >= 0.6 is 0 Å². The molecule has 1 fully saturated rings. The second-order valence-electron chi connectivity index (χ2n) is 10.1. The Kier molecular flexibility index (Phi) is 6.55. The van der Waals surface area contributed by atoms with Crippen molar-refractivity contribution in [1.29, 1.82) is 0 Å². The molecular formula is C29H33NO3. The molecule has 1 aliphatic carbocycles. The maximum atomic E-state index is 13.5. The lowest BCUT2D eigenvalue weighted by atomic mass is 9.95. The number of aldehydes is 1. The van der Waals surface area contributed by atoms with Crippen molar-refractivity contribution in [3.63, 3.8) is 0 Å². The van der Waals surface area contributed by atoms with Gasteiger partial charge in [-0.1, -0.05) is 66.7 Å². The van der Waals surface area contributed by atoms with Crippen molar-refractivity contribution in [3.05, 3.63) is 83.4 Å². The van der Waals surface area contributed by atoms with Crippen LogP contribution in [0.15, 0.2) is 66.7 Å². The zero-order valence-electron chi connectivity index (χ0n) is 20.0. The molecule has 3 aromatic carbocycles. The van der Waals surface area contributed by atoms with E-state index in [4.69, 9.17) is 4.74 Å². The fourth-order valence-corrected chi connectivity index (χ4v) is 5.06. The number of nitrogens with zero attached hydrogens (tertiary/aromatic N) is 1. The van der Waals surface area contributed by atoms with E-state index in [0.717, 1.165) is 31.1 Å². The molecule has 0 spiro atoms. The molecule has 3 aromatic rings. The number of hydrogen-bond acceptors (Lipinski definition) is 3. The largest absolute Gasteiger partial charge is 0.444 e. The quantitative estimate of drug-likeness (QED) is 0.389. The average Bonchev–Trinajstić information content (AvgIpc) is 3.27. The van der Waals surface area contributed by atoms with Crippen molar-refractivity contribution in [2.45, 2.75) is 70.6 Å². The number of carbonyl (C=O) groups is 2. The van der Waals surface area contributed by atoms with Crippen LogP contribution in [0.4, 0.5) is 4.79 Å². The van der Waals surface area contributed by atoms with Gasteiger partial charge in [-0.3, -0.25) is 9.69 Å². The maximum absolute atomic E-state index is 13.5. The van der Waals surface area contributed by atoms with Gasteiger partial charge in [-0.25, -0.2) is 4.79 Å². The van der Waals surface area contributed by atoms with Gasteiger partial charge in [-0.2, -0.15) is 0 Å². The van der Waals surface area contributed by atoms with E-state index in [1.165, 1.54) is 16.3 Å². The summed E-state index contributed by atoms with van der Waals surface area (Å²) >= 11 is 0. The van der Waals surface area contributed by atoms with E-state index in [1.807, 2.05) is 62.1 Å². The topological polar surface area (TPSA) is 46.6 Å². The van der Waals surface area contributed by atoms with E-state index in [2.05, 4.69) is 37.3 Å². The number of amides is 1. The lowest BCUT2D eigenvalue weighted by Crippen LogP contribution is -2.44. The molecule has 4 heteroatoms. The van der Waals surface area contributed by atoms with Gasteiger partial charge in [0, 0.05) is 11.6 Å². The number of hydrogen-bond donors (Lipinski definition) is 0. The summed E-state index contributed by atoms with van der Waals surface area (Å²) in [4.78, 5) is 26.5. The first-order valence-corrected chi connectivity index (χ1v) is 11.8. The third-order valence-corrected chi connectivity index (χ3v) is 6.64. The van der Waals surface area contributed by atoms with E-state index in [1.54, 1.807) is 0 Å². The van der Waals surface area contributed by atoms with Crippen LogP contribution < -0.4 is 0 Å². The predicted molar refractivity (Wildman–Crippen MR) is 133 cm³/mol.